The molecule has 5 heteroatoms. The summed E-state index contributed by atoms with van der Waals surface area (Å²) in [6.45, 7) is 1.60. The van der Waals surface area contributed by atoms with Gasteiger partial charge in [0.1, 0.15) is 5.78 Å². The van der Waals surface area contributed by atoms with Crippen molar-refractivity contribution >= 4 is 22.3 Å². The van der Waals surface area contributed by atoms with Crippen LogP contribution < -0.4 is 9.64 Å². The molecule has 0 saturated heterocycles. The van der Waals surface area contributed by atoms with Crippen LogP contribution >= 0.6 is 11.3 Å². The quantitative estimate of drug-likeness (QED) is 0.770. The third-order valence-electron chi connectivity index (χ3n) is 1.93. The molecule has 4 nitrogen and oxygen atoms in total. The van der Waals surface area contributed by atoms with Crippen LogP contribution in [0, 0.1) is 0 Å². The standard InChI is InChI=1S/C10H16N2O2S/c1-7(13)5-6-8-9(14-4)11-10(15-8)12(2)3/h5-6H2,1-4H3. The van der Waals surface area contributed by atoms with E-state index in [1.54, 1.807) is 25.4 Å². The normalized spacial score (nSPS) is 10.1. The van der Waals surface area contributed by atoms with Gasteiger partial charge in [-0.25, -0.2) is 0 Å². The van der Waals surface area contributed by atoms with Gasteiger partial charge >= 0.3 is 0 Å². The Morgan fingerprint density at radius 1 is 1.53 bits per heavy atom. The summed E-state index contributed by atoms with van der Waals surface area (Å²) in [4.78, 5) is 18.2. The van der Waals surface area contributed by atoms with Gasteiger partial charge in [0.2, 0.25) is 5.88 Å². The molecule has 0 aromatic carbocycles. The lowest BCUT2D eigenvalue weighted by Gasteiger charge is -2.04. The van der Waals surface area contributed by atoms with E-state index in [1.807, 2.05) is 19.0 Å². The van der Waals surface area contributed by atoms with Gasteiger partial charge < -0.3 is 14.4 Å². The molecule has 1 aromatic heterocycles. The van der Waals surface area contributed by atoms with E-state index < -0.39 is 0 Å². The highest BCUT2D eigenvalue weighted by Crippen LogP contribution is 2.31. The Kier molecular flexibility index (Phi) is 4.08. The van der Waals surface area contributed by atoms with Crippen molar-refractivity contribution in [1.29, 1.82) is 0 Å². The predicted octanol–water partition coefficient (Wildman–Crippen LogP) is 1.74. The Balaban J connectivity index is 2.80. The number of methoxy groups -OCH3 is 1. The first-order valence-electron chi connectivity index (χ1n) is 4.75. The summed E-state index contributed by atoms with van der Waals surface area (Å²) in [5.74, 6) is 0.835. The molecule has 0 unspecified atom stereocenters. The van der Waals surface area contributed by atoms with E-state index >= 15 is 0 Å². The van der Waals surface area contributed by atoms with Gasteiger partial charge in [-0.1, -0.05) is 11.3 Å². The molecule has 0 bridgehead atoms. The van der Waals surface area contributed by atoms with Crippen LogP contribution in [0.15, 0.2) is 0 Å². The van der Waals surface area contributed by atoms with E-state index in [4.69, 9.17) is 4.74 Å². The van der Waals surface area contributed by atoms with Gasteiger partial charge in [-0.2, -0.15) is 4.98 Å². The van der Waals surface area contributed by atoms with Gasteiger partial charge in [0.05, 0.1) is 12.0 Å². The van der Waals surface area contributed by atoms with Crippen LogP contribution in [0.3, 0.4) is 0 Å². The second kappa shape index (κ2) is 5.11. The highest BCUT2D eigenvalue weighted by atomic mass is 32.1. The minimum atomic E-state index is 0.192. The van der Waals surface area contributed by atoms with Gasteiger partial charge in [-0.15, -0.1) is 0 Å². The number of nitrogens with zero attached hydrogens (tertiary/aromatic N) is 2. The molecular formula is C10H16N2O2S. The van der Waals surface area contributed by atoms with Gasteiger partial charge in [-0.05, 0) is 13.3 Å². The van der Waals surface area contributed by atoms with Crippen molar-refractivity contribution in [2.24, 2.45) is 0 Å². The topological polar surface area (TPSA) is 42.4 Å². The maximum atomic E-state index is 10.9. The fraction of sp³-hybridized carbons (Fsp3) is 0.600. The Labute approximate surface area is 93.9 Å². The Morgan fingerprint density at radius 3 is 2.67 bits per heavy atom. The zero-order valence-electron chi connectivity index (χ0n) is 9.53. The molecule has 0 saturated carbocycles. The monoisotopic (exact) mass is 228 g/mol. The van der Waals surface area contributed by atoms with Crippen LogP contribution in [0.5, 0.6) is 5.88 Å². The second-order valence-electron chi connectivity index (χ2n) is 3.53. The minimum Gasteiger partial charge on any atom is -0.480 e. The summed E-state index contributed by atoms with van der Waals surface area (Å²) < 4.78 is 5.17. The number of carbonyl (C=O) groups is 1. The third-order valence-corrected chi connectivity index (χ3v) is 3.19. The number of rotatable bonds is 5. The highest BCUT2D eigenvalue weighted by Gasteiger charge is 2.13. The smallest absolute Gasteiger partial charge is 0.229 e. The zero-order valence-corrected chi connectivity index (χ0v) is 10.3. The SMILES string of the molecule is COc1nc(N(C)C)sc1CCC(C)=O. The molecule has 0 atom stereocenters. The summed E-state index contributed by atoms with van der Waals surface area (Å²) in [6.07, 6.45) is 1.26. The summed E-state index contributed by atoms with van der Waals surface area (Å²) in [5.41, 5.74) is 0. The first-order valence-corrected chi connectivity index (χ1v) is 5.56. The highest BCUT2D eigenvalue weighted by molar-refractivity contribution is 7.15. The molecule has 15 heavy (non-hydrogen) atoms. The summed E-state index contributed by atoms with van der Waals surface area (Å²) in [5, 5.41) is 0.908. The largest absolute Gasteiger partial charge is 0.480 e. The molecule has 0 aliphatic carbocycles. The molecule has 0 amide bonds. The van der Waals surface area contributed by atoms with E-state index in [0.29, 0.717) is 18.7 Å². The molecular weight excluding hydrogens is 212 g/mol. The fourth-order valence-corrected chi connectivity index (χ4v) is 2.08. The maximum absolute atomic E-state index is 10.9. The van der Waals surface area contributed by atoms with Crippen LogP contribution in [-0.2, 0) is 11.2 Å². The van der Waals surface area contributed by atoms with Gasteiger partial charge in [-0.3, -0.25) is 0 Å². The third kappa shape index (κ3) is 3.20. The van der Waals surface area contributed by atoms with Crippen molar-refractivity contribution in [2.45, 2.75) is 19.8 Å². The van der Waals surface area contributed by atoms with Gasteiger partial charge in [0, 0.05) is 20.5 Å². The number of hydrogen-bond donors (Lipinski definition) is 0. The molecule has 0 aliphatic heterocycles. The lowest BCUT2D eigenvalue weighted by molar-refractivity contribution is -0.116. The summed E-state index contributed by atoms with van der Waals surface area (Å²) in [7, 11) is 5.48. The molecule has 1 aromatic rings. The number of aryl methyl sites for hydroxylation is 1. The van der Waals surface area contributed by atoms with E-state index in [9.17, 15) is 4.79 Å². The molecule has 0 spiro atoms. The van der Waals surface area contributed by atoms with Crippen LogP contribution in [-0.4, -0.2) is 32.0 Å². The van der Waals surface area contributed by atoms with Crippen molar-refractivity contribution < 1.29 is 9.53 Å². The predicted molar refractivity (Wildman–Crippen MR) is 62.0 cm³/mol. The van der Waals surface area contributed by atoms with E-state index in [0.717, 1.165) is 10.0 Å². The number of anilines is 1. The van der Waals surface area contributed by atoms with Crippen molar-refractivity contribution in [2.75, 3.05) is 26.1 Å². The van der Waals surface area contributed by atoms with Crippen molar-refractivity contribution in [3.63, 3.8) is 0 Å². The minimum absolute atomic E-state index is 0.192. The molecule has 0 fully saturated rings. The Bertz CT molecular complexity index is 347. The number of ketones is 1. The van der Waals surface area contributed by atoms with Crippen molar-refractivity contribution in [1.82, 2.24) is 4.98 Å². The van der Waals surface area contributed by atoms with E-state index in [2.05, 4.69) is 4.98 Å². The number of ether oxygens (including phenoxy) is 1. The van der Waals surface area contributed by atoms with Crippen LogP contribution in [0.4, 0.5) is 5.13 Å². The number of aromatic nitrogens is 1. The second-order valence-corrected chi connectivity index (χ2v) is 4.59. The lowest BCUT2D eigenvalue weighted by atomic mass is 10.2. The van der Waals surface area contributed by atoms with Crippen LogP contribution in [0.1, 0.15) is 18.2 Å². The number of thiazole rings is 1. The summed E-state index contributed by atoms with van der Waals surface area (Å²) >= 11 is 1.57. The molecule has 0 N–H and O–H groups in total. The average Bonchev–Trinajstić information content (AvgIpc) is 2.57. The zero-order chi connectivity index (χ0) is 11.4. The lowest BCUT2D eigenvalue weighted by Crippen LogP contribution is -2.07. The molecule has 0 aliphatic rings. The van der Waals surface area contributed by atoms with Gasteiger partial charge in [0.25, 0.3) is 0 Å². The van der Waals surface area contributed by atoms with E-state index in [1.165, 1.54) is 0 Å². The maximum Gasteiger partial charge on any atom is 0.229 e. The Morgan fingerprint density at radius 2 is 2.20 bits per heavy atom. The first-order chi connectivity index (χ1) is 7.04. The average molecular weight is 228 g/mol. The first kappa shape index (κ1) is 12.0. The molecule has 0 radical (unpaired) electrons. The Hall–Kier alpha value is -1.10. The molecule has 1 heterocycles. The summed E-state index contributed by atoms with van der Waals surface area (Å²) in [6, 6.07) is 0. The van der Waals surface area contributed by atoms with Crippen molar-refractivity contribution in [3.8, 4) is 5.88 Å². The van der Waals surface area contributed by atoms with Gasteiger partial charge in [0.15, 0.2) is 5.13 Å². The molecule has 84 valence electrons. The molecule has 1 rings (SSSR count). The number of hydrogen-bond acceptors (Lipinski definition) is 5. The van der Waals surface area contributed by atoms with Crippen molar-refractivity contribution in [3.05, 3.63) is 4.88 Å². The number of carbonyl (C=O) groups excluding carboxylic acids is 1. The fourth-order valence-electron chi connectivity index (χ4n) is 1.12. The van der Waals surface area contributed by atoms with Crippen LogP contribution in [0.2, 0.25) is 0 Å². The number of Topliss-reactive ketones (excluding diaryl/α,β-unsaturated/α-hetero) is 1. The van der Waals surface area contributed by atoms with E-state index in [-0.39, 0.29) is 5.78 Å². The van der Waals surface area contributed by atoms with Crippen LogP contribution in [0.25, 0.3) is 0 Å².